The summed E-state index contributed by atoms with van der Waals surface area (Å²) in [6.07, 6.45) is 1.99. The van der Waals surface area contributed by atoms with Gasteiger partial charge in [-0.3, -0.25) is 4.79 Å². The maximum Gasteiger partial charge on any atom is 0.326 e. The van der Waals surface area contributed by atoms with E-state index in [-0.39, 0.29) is 6.61 Å². The third-order valence-electron chi connectivity index (χ3n) is 2.89. The number of rotatable bonds is 8. The SMILES string of the molecule is CCC[C@H](NC(=O)COc1cccc(CC)c1)C(=O)O. The Balaban J connectivity index is 2.47. The summed E-state index contributed by atoms with van der Waals surface area (Å²) in [4.78, 5) is 22.6. The number of nitrogens with one attached hydrogen (secondary N) is 1. The summed E-state index contributed by atoms with van der Waals surface area (Å²) < 4.78 is 5.36. The molecule has 1 rings (SSSR count). The predicted octanol–water partition coefficient (Wildman–Crippen LogP) is 2.00. The summed E-state index contributed by atoms with van der Waals surface area (Å²) in [7, 11) is 0. The van der Waals surface area contributed by atoms with Gasteiger partial charge in [-0.1, -0.05) is 32.4 Å². The molecule has 0 aliphatic heterocycles. The lowest BCUT2D eigenvalue weighted by molar-refractivity contribution is -0.142. The minimum Gasteiger partial charge on any atom is -0.484 e. The summed E-state index contributed by atoms with van der Waals surface area (Å²) in [6.45, 7) is 3.73. The largest absolute Gasteiger partial charge is 0.484 e. The van der Waals surface area contributed by atoms with Gasteiger partial charge in [-0.2, -0.15) is 0 Å². The molecule has 5 heteroatoms. The predicted molar refractivity (Wildman–Crippen MR) is 75.8 cm³/mol. The van der Waals surface area contributed by atoms with Gasteiger partial charge in [-0.25, -0.2) is 4.79 Å². The second kappa shape index (κ2) is 8.19. The Labute approximate surface area is 118 Å². The van der Waals surface area contributed by atoms with E-state index in [1.54, 1.807) is 6.07 Å². The minimum atomic E-state index is -1.02. The van der Waals surface area contributed by atoms with E-state index in [1.807, 2.05) is 32.0 Å². The highest BCUT2D eigenvalue weighted by Crippen LogP contribution is 2.13. The molecule has 20 heavy (non-hydrogen) atoms. The van der Waals surface area contributed by atoms with Crippen molar-refractivity contribution in [2.75, 3.05) is 6.61 Å². The Morgan fingerprint density at radius 3 is 2.70 bits per heavy atom. The number of benzene rings is 1. The van der Waals surface area contributed by atoms with Crippen LogP contribution in [0.2, 0.25) is 0 Å². The number of aryl methyl sites for hydroxylation is 1. The van der Waals surface area contributed by atoms with Crippen LogP contribution in [0.1, 0.15) is 32.3 Å². The Morgan fingerprint density at radius 2 is 2.10 bits per heavy atom. The number of hydrogen-bond acceptors (Lipinski definition) is 3. The van der Waals surface area contributed by atoms with Crippen molar-refractivity contribution in [1.29, 1.82) is 0 Å². The lowest BCUT2D eigenvalue weighted by atomic mass is 10.1. The standard InChI is InChI=1S/C15H21NO4/c1-3-6-13(15(18)19)16-14(17)10-20-12-8-5-7-11(4-2)9-12/h5,7-9,13H,3-4,6,10H2,1-2H3,(H,16,17)(H,18,19)/t13-/m0/s1. The molecular formula is C15H21NO4. The molecule has 0 aliphatic carbocycles. The van der Waals surface area contributed by atoms with E-state index in [2.05, 4.69) is 5.32 Å². The number of amides is 1. The van der Waals surface area contributed by atoms with Gasteiger partial charge in [0.25, 0.3) is 5.91 Å². The van der Waals surface area contributed by atoms with Crippen LogP contribution in [0.3, 0.4) is 0 Å². The maximum atomic E-state index is 11.7. The molecule has 0 radical (unpaired) electrons. The van der Waals surface area contributed by atoms with Crippen molar-refractivity contribution in [2.45, 2.75) is 39.2 Å². The zero-order valence-corrected chi connectivity index (χ0v) is 11.9. The van der Waals surface area contributed by atoms with E-state index in [0.29, 0.717) is 18.6 Å². The molecule has 1 aromatic rings. The smallest absolute Gasteiger partial charge is 0.326 e. The zero-order valence-electron chi connectivity index (χ0n) is 11.9. The van der Waals surface area contributed by atoms with Crippen molar-refractivity contribution in [1.82, 2.24) is 5.32 Å². The molecule has 110 valence electrons. The highest BCUT2D eigenvalue weighted by atomic mass is 16.5. The van der Waals surface area contributed by atoms with E-state index in [4.69, 9.17) is 9.84 Å². The molecule has 2 N–H and O–H groups in total. The summed E-state index contributed by atoms with van der Waals surface area (Å²) in [5.74, 6) is -0.831. The molecule has 0 fully saturated rings. The summed E-state index contributed by atoms with van der Waals surface area (Å²) >= 11 is 0. The van der Waals surface area contributed by atoms with Crippen LogP contribution in [0.4, 0.5) is 0 Å². The molecule has 0 bridgehead atoms. The van der Waals surface area contributed by atoms with Gasteiger partial charge in [0.05, 0.1) is 0 Å². The first-order valence-electron chi connectivity index (χ1n) is 6.80. The molecular weight excluding hydrogens is 258 g/mol. The van der Waals surface area contributed by atoms with Gasteiger partial charge in [0, 0.05) is 0 Å². The summed E-state index contributed by atoms with van der Waals surface area (Å²) in [6, 6.07) is 6.64. The number of aliphatic carboxylic acids is 1. The second-order valence-corrected chi connectivity index (χ2v) is 4.54. The van der Waals surface area contributed by atoms with Gasteiger partial charge in [0.15, 0.2) is 6.61 Å². The van der Waals surface area contributed by atoms with Crippen LogP contribution in [0.25, 0.3) is 0 Å². The number of carboxylic acids is 1. The van der Waals surface area contributed by atoms with Gasteiger partial charge in [-0.05, 0) is 30.5 Å². The summed E-state index contributed by atoms with van der Waals surface area (Å²) in [5, 5.41) is 11.4. The fraction of sp³-hybridized carbons (Fsp3) is 0.467. The number of carbonyl (C=O) groups excluding carboxylic acids is 1. The highest BCUT2D eigenvalue weighted by molar-refractivity contribution is 5.84. The molecule has 1 amide bonds. The van der Waals surface area contributed by atoms with Crippen LogP contribution in [0.5, 0.6) is 5.75 Å². The quantitative estimate of drug-likeness (QED) is 0.763. The molecule has 0 heterocycles. The van der Waals surface area contributed by atoms with Gasteiger partial charge in [-0.15, -0.1) is 0 Å². The van der Waals surface area contributed by atoms with E-state index < -0.39 is 17.9 Å². The van der Waals surface area contributed by atoms with Crippen molar-refractivity contribution < 1.29 is 19.4 Å². The zero-order chi connectivity index (χ0) is 15.0. The molecule has 0 aliphatic rings. The second-order valence-electron chi connectivity index (χ2n) is 4.54. The molecule has 0 saturated heterocycles. The van der Waals surface area contributed by atoms with Crippen LogP contribution in [0.15, 0.2) is 24.3 Å². The van der Waals surface area contributed by atoms with Gasteiger partial charge < -0.3 is 15.2 Å². The van der Waals surface area contributed by atoms with Gasteiger partial charge >= 0.3 is 5.97 Å². The van der Waals surface area contributed by atoms with E-state index in [1.165, 1.54) is 0 Å². The van der Waals surface area contributed by atoms with E-state index in [9.17, 15) is 9.59 Å². The average Bonchev–Trinajstić information content (AvgIpc) is 2.44. The van der Waals surface area contributed by atoms with E-state index >= 15 is 0 Å². The van der Waals surface area contributed by atoms with Crippen LogP contribution in [-0.2, 0) is 16.0 Å². The third kappa shape index (κ3) is 5.30. The Hall–Kier alpha value is -2.04. The summed E-state index contributed by atoms with van der Waals surface area (Å²) in [5.41, 5.74) is 1.12. The molecule has 1 atom stereocenters. The minimum absolute atomic E-state index is 0.180. The Morgan fingerprint density at radius 1 is 1.35 bits per heavy atom. The van der Waals surface area contributed by atoms with Crippen LogP contribution in [-0.4, -0.2) is 29.6 Å². The molecule has 0 aromatic heterocycles. The fourth-order valence-electron chi connectivity index (χ4n) is 1.79. The lowest BCUT2D eigenvalue weighted by Gasteiger charge is -2.14. The normalized spacial score (nSPS) is 11.7. The molecule has 0 saturated carbocycles. The monoisotopic (exact) mass is 279 g/mol. The first-order chi connectivity index (χ1) is 9.56. The van der Waals surface area contributed by atoms with Crippen LogP contribution in [0, 0.1) is 0 Å². The van der Waals surface area contributed by atoms with Crippen LogP contribution < -0.4 is 10.1 Å². The van der Waals surface area contributed by atoms with Gasteiger partial charge in [0.1, 0.15) is 11.8 Å². The van der Waals surface area contributed by atoms with Crippen molar-refractivity contribution in [2.24, 2.45) is 0 Å². The Bertz CT molecular complexity index is 459. The fourth-order valence-corrected chi connectivity index (χ4v) is 1.79. The van der Waals surface area contributed by atoms with Crippen molar-refractivity contribution >= 4 is 11.9 Å². The topological polar surface area (TPSA) is 75.6 Å². The van der Waals surface area contributed by atoms with E-state index in [0.717, 1.165) is 12.0 Å². The van der Waals surface area contributed by atoms with Crippen molar-refractivity contribution in [3.05, 3.63) is 29.8 Å². The number of carbonyl (C=O) groups is 2. The Kier molecular flexibility index (Phi) is 6.56. The molecule has 5 nitrogen and oxygen atoms in total. The van der Waals surface area contributed by atoms with Gasteiger partial charge in [0.2, 0.25) is 0 Å². The van der Waals surface area contributed by atoms with Crippen molar-refractivity contribution in [3.63, 3.8) is 0 Å². The number of hydrogen-bond donors (Lipinski definition) is 2. The third-order valence-corrected chi connectivity index (χ3v) is 2.89. The number of carboxylic acid groups (broad SMARTS) is 1. The van der Waals surface area contributed by atoms with Crippen LogP contribution >= 0.6 is 0 Å². The highest BCUT2D eigenvalue weighted by Gasteiger charge is 2.18. The molecule has 1 aromatic carbocycles. The van der Waals surface area contributed by atoms with Crippen molar-refractivity contribution in [3.8, 4) is 5.75 Å². The maximum absolute atomic E-state index is 11.7. The number of ether oxygens (including phenoxy) is 1. The molecule has 0 unspecified atom stereocenters. The average molecular weight is 279 g/mol. The lowest BCUT2D eigenvalue weighted by Crippen LogP contribution is -2.42. The first kappa shape index (κ1) is 16.0. The molecule has 0 spiro atoms. The first-order valence-corrected chi connectivity index (χ1v) is 6.80.